The first-order valence-electron chi connectivity index (χ1n) is 5.42. The van der Waals surface area contributed by atoms with E-state index in [4.69, 9.17) is 15.7 Å². The van der Waals surface area contributed by atoms with E-state index in [9.17, 15) is 13.6 Å². The first kappa shape index (κ1) is 14.9. The third-order valence-corrected chi connectivity index (χ3v) is 2.27. The molecule has 0 aliphatic carbocycles. The van der Waals surface area contributed by atoms with Crippen LogP contribution < -0.4 is 10.5 Å². The second kappa shape index (κ2) is 6.66. The second-order valence-electron chi connectivity index (χ2n) is 3.41. The molecule has 0 amide bonds. The van der Waals surface area contributed by atoms with Gasteiger partial charge in [0, 0.05) is 6.54 Å². The van der Waals surface area contributed by atoms with Crippen LogP contribution in [0.1, 0.15) is 28.4 Å². The topological polar surface area (TPSA) is 85.3 Å². The Labute approximate surface area is 108 Å². The standard InChI is InChI=1S/C12H12F2N2O3/c1-2-18-11(17)9-4-8(19-12(13)14)3-7(5-15)10(9)6-16/h3-4,12H,2,6,16H2,1H3. The minimum Gasteiger partial charge on any atom is -0.462 e. The van der Waals surface area contributed by atoms with E-state index in [1.807, 2.05) is 0 Å². The van der Waals surface area contributed by atoms with E-state index in [0.29, 0.717) is 0 Å². The zero-order valence-corrected chi connectivity index (χ0v) is 10.2. The van der Waals surface area contributed by atoms with Crippen molar-refractivity contribution < 1.29 is 23.0 Å². The van der Waals surface area contributed by atoms with Gasteiger partial charge in [-0.05, 0) is 24.6 Å². The van der Waals surface area contributed by atoms with Crippen molar-refractivity contribution >= 4 is 5.97 Å². The average Bonchev–Trinajstić information content (AvgIpc) is 2.37. The number of hydrogen-bond donors (Lipinski definition) is 1. The van der Waals surface area contributed by atoms with Gasteiger partial charge in [-0.1, -0.05) is 0 Å². The molecule has 2 N–H and O–H groups in total. The molecule has 0 aromatic heterocycles. The van der Waals surface area contributed by atoms with E-state index in [1.165, 1.54) is 0 Å². The summed E-state index contributed by atoms with van der Waals surface area (Å²) in [7, 11) is 0. The number of hydrogen-bond acceptors (Lipinski definition) is 5. The normalized spacial score (nSPS) is 10.1. The minimum absolute atomic E-state index is 0.00343. The summed E-state index contributed by atoms with van der Waals surface area (Å²) in [5.41, 5.74) is 5.66. The number of carbonyl (C=O) groups is 1. The van der Waals surface area contributed by atoms with Gasteiger partial charge in [0.05, 0.1) is 23.8 Å². The van der Waals surface area contributed by atoms with Crippen LogP contribution in [-0.2, 0) is 11.3 Å². The molecule has 0 unspecified atom stereocenters. The van der Waals surface area contributed by atoms with Crippen molar-refractivity contribution in [1.29, 1.82) is 5.26 Å². The maximum absolute atomic E-state index is 12.2. The lowest BCUT2D eigenvalue weighted by Crippen LogP contribution is -2.14. The molecule has 5 nitrogen and oxygen atoms in total. The minimum atomic E-state index is -3.05. The van der Waals surface area contributed by atoms with Gasteiger partial charge >= 0.3 is 12.6 Å². The molecule has 0 spiro atoms. The predicted molar refractivity (Wildman–Crippen MR) is 61.6 cm³/mol. The summed E-state index contributed by atoms with van der Waals surface area (Å²) < 4.78 is 33.3. The molecule has 1 aromatic rings. The quantitative estimate of drug-likeness (QED) is 0.824. The van der Waals surface area contributed by atoms with Crippen molar-refractivity contribution in [1.82, 2.24) is 0 Å². The highest BCUT2D eigenvalue weighted by Crippen LogP contribution is 2.24. The Morgan fingerprint density at radius 3 is 2.68 bits per heavy atom. The number of halogens is 2. The van der Waals surface area contributed by atoms with Crippen LogP contribution >= 0.6 is 0 Å². The van der Waals surface area contributed by atoms with Gasteiger partial charge in [-0.3, -0.25) is 0 Å². The van der Waals surface area contributed by atoms with Crippen LogP contribution in [0, 0.1) is 11.3 Å². The van der Waals surface area contributed by atoms with Crippen molar-refractivity contribution in [3.05, 3.63) is 28.8 Å². The molecular formula is C12H12F2N2O3. The molecule has 7 heteroatoms. The maximum Gasteiger partial charge on any atom is 0.387 e. The number of carbonyl (C=O) groups excluding carboxylic acids is 1. The van der Waals surface area contributed by atoms with E-state index in [0.717, 1.165) is 12.1 Å². The largest absolute Gasteiger partial charge is 0.462 e. The Balaban J connectivity index is 3.32. The third-order valence-electron chi connectivity index (χ3n) is 2.27. The van der Waals surface area contributed by atoms with Gasteiger partial charge < -0.3 is 15.2 Å². The fourth-order valence-corrected chi connectivity index (χ4v) is 1.53. The lowest BCUT2D eigenvalue weighted by Gasteiger charge is -2.12. The van der Waals surface area contributed by atoms with Crippen LogP contribution in [0.15, 0.2) is 12.1 Å². The molecule has 1 rings (SSSR count). The Hall–Kier alpha value is -2.20. The molecule has 0 heterocycles. The van der Waals surface area contributed by atoms with E-state index in [-0.39, 0.29) is 35.6 Å². The molecule has 19 heavy (non-hydrogen) atoms. The number of ether oxygens (including phenoxy) is 2. The van der Waals surface area contributed by atoms with Crippen molar-refractivity contribution in [2.45, 2.75) is 20.1 Å². The fraction of sp³-hybridized carbons (Fsp3) is 0.333. The van der Waals surface area contributed by atoms with E-state index in [1.54, 1.807) is 13.0 Å². The van der Waals surface area contributed by atoms with Crippen LogP contribution in [0.25, 0.3) is 0 Å². The number of alkyl halides is 2. The lowest BCUT2D eigenvalue weighted by atomic mass is 10.0. The summed E-state index contributed by atoms with van der Waals surface area (Å²) in [5.74, 6) is -1.02. The van der Waals surface area contributed by atoms with Crippen LogP contribution in [0.4, 0.5) is 8.78 Å². The first-order chi connectivity index (χ1) is 9.03. The molecule has 1 aromatic carbocycles. The summed E-state index contributed by atoms with van der Waals surface area (Å²) in [6, 6.07) is 3.98. The van der Waals surface area contributed by atoms with Gasteiger partial charge in [0.2, 0.25) is 0 Å². The number of benzene rings is 1. The molecule has 0 radical (unpaired) electrons. The van der Waals surface area contributed by atoms with Gasteiger partial charge in [-0.15, -0.1) is 0 Å². The van der Waals surface area contributed by atoms with Gasteiger partial charge in [-0.25, -0.2) is 4.79 Å². The molecule has 0 atom stereocenters. The van der Waals surface area contributed by atoms with Gasteiger partial charge in [-0.2, -0.15) is 14.0 Å². The highest BCUT2D eigenvalue weighted by atomic mass is 19.3. The zero-order chi connectivity index (χ0) is 14.4. The van der Waals surface area contributed by atoms with E-state index >= 15 is 0 Å². The Morgan fingerprint density at radius 2 is 2.21 bits per heavy atom. The van der Waals surface area contributed by atoms with Crippen LogP contribution in [0.3, 0.4) is 0 Å². The maximum atomic E-state index is 12.2. The van der Waals surface area contributed by atoms with Crippen molar-refractivity contribution in [3.63, 3.8) is 0 Å². The highest BCUT2D eigenvalue weighted by Gasteiger charge is 2.18. The van der Waals surface area contributed by atoms with Gasteiger partial charge in [0.1, 0.15) is 5.75 Å². The molecule has 0 saturated heterocycles. The van der Waals surface area contributed by atoms with Crippen LogP contribution in [0.5, 0.6) is 5.75 Å². The van der Waals surface area contributed by atoms with Crippen molar-refractivity contribution in [2.75, 3.05) is 6.61 Å². The monoisotopic (exact) mass is 270 g/mol. The number of nitriles is 1. The summed E-state index contributed by atoms with van der Waals surface area (Å²) in [4.78, 5) is 11.7. The predicted octanol–water partition coefficient (Wildman–Crippen LogP) is 1.80. The number of nitrogens with zero attached hydrogens (tertiary/aromatic N) is 1. The third kappa shape index (κ3) is 3.63. The number of nitrogens with two attached hydrogens (primary N) is 1. The number of esters is 1. The fourth-order valence-electron chi connectivity index (χ4n) is 1.53. The molecule has 0 saturated carbocycles. The van der Waals surface area contributed by atoms with E-state index in [2.05, 4.69) is 4.74 Å². The lowest BCUT2D eigenvalue weighted by molar-refractivity contribution is -0.0499. The molecular weight excluding hydrogens is 258 g/mol. The summed E-state index contributed by atoms with van der Waals surface area (Å²) in [6.07, 6.45) is 0. The molecule has 0 aliphatic rings. The first-order valence-corrected chi connectivity index (χ1v) is 5.42. The summed E-state index contributed by atoms with van der Waals surface area (Å²) in [5, 5.41) is 8.94. The van der Waals surface area contributed by atoms with Crippen LogP contribution in [-0.4, -0.2) is 19.2 Å². The van der Waals surface area contributed by atoms with Gasteiger partial charge in [0.15, 0.2) is 0 Å². The average molecular weight is 270 g/mol. The number of rotatable bonds is 5. The molecule has 0 bridgehead atoms. The Morgan fingerprint density at radius 1 is 1.53 bits per heavy atom. The smallest absolute Gasteiger partial charge is 0.387 e. The highest BCUT2D eigenvalue weighted by molar-refractivity contribution is 5.92. The SMILES string of the molecule is CCOC(=O)c1cc(OC(F)F)cc(C#N)c1CN. The van der Waals surface area contributed by atoms with E-state index < -0.39 is 12.6 Å². The Kier molecular flexibility index (Phi) is 5.21. The zero-order valence-electron chi connectivity index (χ0n) is 10.2. The van der Waals surface area contributed by atoms with Gasteiger partial charge in [0.25, 0.3) is 0 Å². The Bertz CT molecular complexity index is 512. The van der Waals surface area contributed by atoms with Crippen LogP contribution in [0.2, 0.25) is 0 Å². The molecule has 0 fully saturated rings. The van der Waals surface area contributed by atoms with Crippen molar-refractivity contribution in [2.24, 2.45) is 5.73 Å². The molecule has 102 valence electrons. The van der Waals surface area contributed by atoms with Crippen molar-refractivity contribution in [3.8, 4) is 11.8 Å². The molecule has 0 aliphatic heterocycles. The second-order valence-corrected chi connectivity index (χ2v) is 3.41. The summed E-state index contributed by atoms with van der Waals surface area (Å²) >= 11 is 0. The summed E-state index contributed by atoms with van der Waals surface area (Å²) in [6.45, 7) is -1.42.